The van der Waals surface area contributed by atoms with Crippen LogP contribution in [0.1, 0.15) is 6.23 Å². The van der Waals surface area contributed by atoms with Gasteiger partial charge in [-0.2, -0.15) is 0 Å². The Labute approximate surface area is 145 Å². The maximum absolute atomic E-state index is 12.0. The number of aromatic amines is 1. The molecule has 6 N–H and O–H groups in total. The minimum absolute atomic E-state index is 0.566. The summed E-state index contributed by atoms with van der Waals surface area (Å²) in [5.41, 5.74) is -1.47. The van der Waals surface area contributed by atoms with Gasteiger partial charge in [0.05, 0.1) is 13.2 Å². The van der Waals surface area contributed by atoms with Crippen molar-refractivity contribution in [1.82, 2.24) is 9.55 Å². The minimum Gasteiger partial charge on any atom is -0.394 e. The molecule has 12 nitrogen and oxygen atoms in total. The lowest BCUT2D eigenvalue weighted by molar-refractivity contribution is -0.220. The Morgan fingerprint density at radius 1 is 1.04 bits per heavy atom. The van der Waals surface area contributed by atoms with Gasteiger partial charge in [-0.05, 0) is 0 Å². The SMILES string of the molecule is O=c1ccn([C@@H]2O[C@H](CO)[C@@H](O)[C@H]2O[C@@H]2O[C@H](CO)[C@@H](O)[C@H]2O)c(=O)[nH]1. The summed E-state index contributed by atoms with van der Waals surface area (Å²) >= 11 is 0. The van der Waals surface area contributed by atoms with Crippen LogP contribution < -0.4 is 11.2 Å². The van der Waals surface area contributed by atoms with Crippen LogP contribution >= 0.6 is 0 Å². The Morgan fingerprint density at radius 3 is 2.27 bits per heavy atom. The molecule has 2 aliphatic rings. The van der Waals surface area contributed by atoms with E-state index in [2.05, 4.69) is 0 Å². The van der Waals surface area contributed by atoms with Crippen LogP contribution in [-0.4, -0.2) is 91.2 Å². The molecule has 3 heterocycles. The molecule has 1 aromatic rings. The van der Waals surface area contributed by atoms with Gasteiger partial charge in [0.15, 0.2) is 12.5 Å². The van der Waals surface area contributed by atoms with E-state index in [4.69, 9.17) is 19.3 Å². The van der Waals surface area contributed by atoms with Crippen molar-refractivity contribution in [3.05, 3.63) is 33.1 Å². The van der Waals surface area contributed by atoms with Crippen LogP contribution in [0, 0.1) is 0 Å². The Hall–Kier alpha value is -1.64. The molecule has 0 radical (unpaired) electrons. The average molecular weight is 376 g/mol. The normalized spacial score (nSPS) is 40.2. The van der Waals surface area contributed by atoms with Gasteiger partial charge in [0.2, 0.25) is 0 Å². The van der Waals surface area contributed by atoms with Gasteiger partial charge in [-0.15, -0.1) is 0 Å². The van der Waals surface area contributed by atoms with Gasteiger partial charge in [0, 0.05) is 12.3 Å². The average Bonchev–Trinajstić information content (AvgIpc) is 3.07. The van der Waals surface area contributed by atoms with Crippen LogP contribution in [-0.2, 0) is 14.2 Å². The van der Waals surface area contributed by atoms with Gasteiger partial charge < -0.3 is 39.7 Å². The molecule has 8 atom stereocenters. The summed E-state index contributed by atoms with van der Waals surface area (Å²) in [5, 5.41) is 48.5. The van der Waals surface area contributed by atoms with E-state index >= 15 is 0 Å². The summed E-state index contributed by atoms with van der Waals surface area (Å²) in [6.45, 7) is -1.14. The van der Waals surface area contributed by atoms with Gasteiger partial charge in [-0.3, -0.25) is 14.3 Å². The zero-order chi connectivity index (χ0) is 19.0. The highest BCUT2D eigenvalue weighted by atomic mass is 16.7. The summed E-state index contributed by atoms with van der Waals surface area (Å²) in [5.74, 6) is 0. The molecule has 0 spiro atoms. The number of hydrogen-bond donors (Lipinski definition) is 6. The Kier molecular flexibility index (Phi) is 5.55. The summed E-state index contributed by atoms with van der Waals surface area (Å²) < 4.78 is 17.1. The van der Waals surface area contributed by atoms with Gasteiger partial charge in [0.25, 0.3) is 5.56 Å². The summed E-state index contributed by atoms with van der Waals surface area (Å²) in [7, 11) is 0. The third-order valence-electron chi connectivity index (χ3n) is 4.41. The van der Waals surface area contributed by atoms with Gasteiger partial charge in [0.1, 0.15) is 36.6 Å². The monoisotopic (exact) mass is 376 g/mol. The maximum atomic E-state index is 12.0. The first-order valence-corrected chi connectivity index (χ1v) is 7.91. The number of aliphatic hydroxyl groups excluding tert-OH is 5. The van der Waals surface area contributed by atoms with Gasteiger partial charge in [-0.1, -0.05) is 0 Å². The Morgan fingerprint density at radius 2 is 1.69 bits per heavy atom. The first kappa shape index (κ1) is 19.1. The van der Waals surface area contributed by atoms with E-state index in [-0.39, 0.29) is 0 Å². The number of nitrogens with one attached hydrogen (secondary N) is 1. The smallest absolute Gasteiger partial charge is 0.330 e. The topological polar surface area (TPSA) is 184 Å². The Balaban J connectivity index is 1.87. The van der Waals surface area contributed by atoms with E-state index in [1.807, 2.05) is 4.98 Å². The van der Waals surface area contributed by atoms with Crippen molar-refractivity contribution in [2.45, 2.75) is 49.1 Å². The van der Waals surface area contributed by atoms with Crippen LogP contribution in [0.15, 0.2) is 21.9 Å². The van der Waals surface area contributed by atoms with E-state index in [9.17, 15) is 30.0 Å². The third kappa shape index (κ3) is 3.33. The summed E-state index contributed by atoms with van der Waals surface area (Å²) in [4.78, 5) is 25.2. The number of hydrogen-bond acceptors (Lipinski definition) is 10. The minimum atomic E-state index is -1.51. The van der Waals surface area contributed by atoms with Crippen LogP contribution in [0.2, 0.25) is 0 Å². The molecular weight excluding hydrogens is 356 g/mol. The lowest BCUT2D eigenvalue weighted by atomic mass is 10.1. The van der Waals surface area contributed by atoms with Crippen molar-refractivity contribution in [3.63, 3.8) is 0 Å². The van der Waals surface area contributed by atoms with E-state index in [0.29, 0.717) is 0 Å². The second kappa shape index (κ2) is 7.54. The molecule has 0 unspecified atom stereocenters. The largest absolute Gasteiger partial charge is 0.394 e. The zero-order valence-corrected chi connectivity index (χ0v) is 13.4. The van der Waals surface area contributed by atoms with Crippen molar-refractivity contribution < 1.29 is 39.7 Å². The molecule has 0 aliphatic carbocycles. The van der Waals surface area contributed by atoms with E-state index in [0.717, 1.165) is 16.8 Å². The highest BCUT2D eigenvalue weighted by Gasteiger charge is 2.51. The van der Waals surface area contributed by atoms with E-state index < -0.39 is 73.6 Å². The number of aromatic nitrogens is 2. The van der Waals surface area contributed by atoms with Crippen LogP contribution in [0.3, 0.4) is 0 Å². The number of H-pyrrole nitrogens is 1. The third-order valence-corrected chi connectivity index (χ3v) is 4.41. The van der Waals surface area contributed by atoms with Crippen molar-refractivity contribution in [2.75, 3.05) is 13.2 Å². The molecule has 12 heteroatoms. The summed E-state index contributed by atoms with van der Waals surface area (Å²) in [6.07, 6.45) is -9.31. The number of nitrogens with zero attached hydrogens (tertiary/aromatic N) is 1. The molecule has 0 amide bonds. The van der Waals surface area contributed by atoms with Gasteiger partial charge >= 0.3 is 5.69 Å². The van der Waals surface area contributed by atoms with Crippen LogP contribution in [0.25, 0.3) is 0 Å². The molecule has 3 rings (SSSR count). The number of aliphatic hydroxyl groups is 5. The lowest BCUT2D eigenvalue weighted by Gasteiger charge is -2.26. The zero-order valence-electron chi connectivity index (χ0n) is 13.4. The molecule has 2 fully saturated rings. The van der Waals surface area contributed by atoms with E-state index in [1.54, 1.807) is 0 Å². The fourth-order valence-corrected chi connectivity index (χ4v) is 3.00. The molecule has 0 aromatic carbocycles. The fourth-order valence-electron chi connectivity index (χ4n) is 3.00. The van der Waals surface area contributed by atoms with Crippen LogP contribution in [0.5, 0.6) is 0 Å². The standard InChI is InChI=1S/C14H20N2O10/c17-3-5-8(20)10(22)13(25-5)26-11-9(21)6(4-18)24-12(11)16-2-1-7(19)15-14(16)23/h1-2,5-6,8-13,17-18,20-22H,3-4H2,(H,15,19,23)/t5-,6-,8-,9-,10-,11-,12-,13+/m1/s1. The molecule has 2 saturated heterocycles. The number of ether oxygens (including phenoxy) is 3. The second-order valence-corrected chi connectivity index (χ2v) is 6.06. The van der Waals surface area contributed by atoms with Crippen molar-refractivity contribution in [1.29, 1.82) is 0 Å². The molecule has 0 bridgehead atoms. The first-order chi connectivity index (χ1) is 12.4. The fraction of sp³-hybridized carbons (Fsp3) is 0.714. The number of rotatable bonds is 5. The van der Waals surface area contributed by atoms with Crippen molar-refractivity contribution >= 4 is 0 Å². The maximum Gasteiger partial charge on any atom is 0.330 e. The predicted molar refractivity (Wildman–Crippen MR) is 81.0 cm³/mol. The molecule has 2 aliphatic heterocycles. The molecular formula is C14H20N2O10. The highest BCUT2D eigenvalue weighted by molar-refractivity contribution is 4.95. The molecule has 146 valence electrons. The quantitative estimate of drug-likeness (QED) is 0.293. The highest BCUT2D eigenvalue weighted by Crippen LogP contribution is 2.34. The Bertz CT molecular complexity index is 735. The summed E-state index contributed by atoms with van der Waals surface area (Å²) in [6, 6.07) is 1.06. The molecule has 0 saturated carbocycles. The second-order valence-electron chi connectivity index (χ2n) is 6.06. The van der Waals surface area contributed by atoms with Crippen LogP contribution in [0.4, 0.5) is 0 Å². The van der Waals surface area contributed by atoms with Crippen molar-refractivity contribution in [3.8, 4) is 0 Å². The van der Waals surface area contributed by atoms with E-state index in [1.165, 1.54) is 0 Å². The lowest BCUT2D eigenvalue weighted by Crippen LogP contribution is -2.43. The first-order valence-electron chi connectivity index (χ1n) is 7.91. The van der Waals surface area contributed by atoms with Crippen molar-refractivity contribution in [2.24, 2.45) is 0 Å². The predicted octanol–water partition coefficient (Wildman–Crippen LogP) is -4.39. The van der Waals surface area contributed by atoms with Gasteiger partial charge in [-0.25, -0.2) is 4.79 Å². The molecule has 26 heavy (non-hydrogen) atoms. The molecule has 1 aromatic heterocycles.